The Morgan fingerprint density at radius 1 is 1.33 bits per heavy atom. The lowest BCUT2D eigenvalue weighted by Gasteiger charge is -2.31. The Bertz CT molecular complexity index is 461. The molecule has 1 aliphatic rings. The predicted molar refractivity (Wildman–Crippen MR) is 85.7 cm³/mol. The second-order valence-corrected chi connectivity index (χ2v) is 5.00. The van der Waals surface area contributed by atoms with Crippen LogP contribution >= 0.6 is 0 Å². The third-order valence-corrected chi connectivity index (χ3v) is 3.39. The minimum Gasteiger partial charge on any atom is -0.386 e. The van der Waals surface area contributed by atoms with E-state index in [0.29, 0.717) is 11.4 Å². The molecule has 0 unspecified atom stereocenters. The van der Waals surface area contributed by atoms with Gasteiger partial charge in [-0.3, -0.25) is 4.79 Å². The summed E-state index contributed by atoms with van der Waals surface area (Å²) in [4.78, 5) is 14.2. The molecule has 1 fully saturated rings. The zero-order chi connectivity index (χ0) is 15.8. The summed E-state index contributed by atoms with van der Waals surface area (Å²) < 4.78 is 0. The largest absolute Gasteiger partial charge is 0.386 e. The molecule has 0 aromatic carbocycles. The molecule has 0 spiro atoms. The van der Waals surface area contributed by atoms with Gasteiger partial charge in [-0.1, -0.05) is 19.2 Å². The minimum atomic E-state index is -0.0625. The topological polar surface area (TPSA) is 96.4 Å². The Morgan fingerprint density at radius 2 is 1.95 bits per heavy atom. The van der Waals surface area contributed by atoms with E-state index in [1.54, 1.807) is 17.1 Å². The quantitative estimate of drug-likeness (QED) is 0.412. The first-order valence-electron chi connectivity index (χ1n) is 6.95. The monoisotopic (exact) mass is 291 g/mol. The third kappa shape index (κ3) is 5.35. The molecule has 1 heterocycles. The van der Waals surface area contributed by atoms with Crippen molar-refractivity contribution < 1.29 is 4.79 Å². The molecular weight excluding hydrogens is 266 g/mol. The fourth-order valence-corrected chi connectivity index (χ4v) is 2.20. The number of nitrogens with two attached hydrogens (primary N) is 2. The van der Waals surface area contributed by atoms with Crippen LogP contribution < -0.4 is 22.1 Å². The van der Waals surface area contributed by atoms with Gasteiger partial charge >= 0.3 is 0 Å². The zero-order valence-corrected chi connectivity index (χ0v) is 12.6. The molecule has 0 saturated carbocycles. The summed E-state index contributed by atoms with van der Waals surface area (Å²) >= 11 is 0. The van der Waals surface area contributed by atoms with Crippen LogP contribution in [-0.4, -0.2) is 37.0 Å². The van der Waals surface area contributed by atoms with Crippen molar-refractivity contribution in [2.24, 2.45) is 11.5 Å². The normalized spacial score (nSPS) is 17.2. The van der Waals surface area contributed by atoms with Crippen LogP contribution in [0.25, 0.3) is 0 Å². The molecule has 0 aliphatic carbocycles. The molecular formula is C15H25N5O. The summed E-state index contributed by atoms with van der Waals surface area (Å²) in [5, 5.41) is 5.95. The second-order valence-electron chi connectivity index (χ2n) is 5.00. The van der Waals surface area contributed by atoms with Crippen LogP contribution in [0.15, 0.2) is 48.6 Å². The molecule has 0 atom stereocenters. The summed E-state index contributed by atoms with van der Waals surface area (Å²) in [5.41, 5.74) is 11.6. The van der Waals surface area contributed by atoms with Crippen LogP contribution in [-0.2, 0) is 4.79 Å². The number of rotatable bonds is 6. The summed E-state index contributed by atoms with van der Waals surface area (Å²) in [6, 6.07) is 0.255. The van der Waals surface area contributed by atoms with E-state index in [1.165, 1.54) is 6.08 Å². The van der Waals surface area contributed by atoms with Crippen molar-refractivity contribution in [2.75, 3.05) is 20.1 Å². The van der Waals surface area contributed by atoms with Crippen LogP contribution in [0.2, 0.25) is 0 Å². The number of hydrogen-bond donors (Lipinski definition) is 4. The molecule has 1 aliphatic heterocycles. The molecule has 0 aromatic rings. The number of likely N-dealkylation sites (N-methyl/N-ethyl adjacent to an activating group) is 1. The van der Waals surface area contributed by atoms with Crippen LogP contribution in [0.4, 0.5) is 0 Å². The lowest BCUT2D eigenvalue weighted by atomic mass is 10.0. The summed E-state index contributed by atoms with van der Waals surface area (Å²) in [6.45, 7) is 9.05. The first-order valence-corrected chi connectivity index (χ1v) is 6.95. The molecule has 1 saturated heterocycles. The number of carbonyl (C=O) groups excluding carboxylic acids is 1. The van der Waals surface area contributed by atoms with Gasteiger partial charge in [-0.05, 0) is 38.1 Å². The molecule has 0 aromatic heterocycles. The fraction of sp³-hybridized carbons (Fsp3) is 0.400. The van der Waals surface area contributed by atoms with E-state index in [0.717, 1.165) is 25.9 Å². The van der Waals surface area contributed by atoms with Crippen molar-refractivity contribution in [3.63, 3.8) is 0 Å². The molecule has 21 heavy (non-hydrogen) atoms. The van der Waals surface area contributed by atoms with Gasteiger partial charge in [0, 0.05) is 18.7 Å². The van der Waals surface area contributed by atoms with E-state index in [4.69, 9.17) is 11.5 Å². The van der Waals surface area contributed by atoms with E-state index in [-0.39, 0.29) is 17.8 Å². The van der Waals surface area contributed by atoms with E-state index in [2.05, 4.69) is 23.8 Å². The van der Waals surface area contributed by atoms with Gasteiger partial charge in [0.05, 0.1) is 5.82 Å². The fourth-order valence-electron chi connectivity index (χ4n) is 2.20. The average Bonchev–Trinajstić information content (AvgIpc) is 2.47. The third-order valence-electron chi connectivity index (χ3n) is 3.39. The van der Waals surface area contributed by atoms with E-state index in [1.807, 2.05) is 7.05 Å². The Morgan fingerprint density at radius 3 is 2.48 bits per heavy atom. The smallest absolute Gasteiger partial charge is 0.253 e. The summed E-state index contributed by atoms with van der Waals surface area (Å²) in [6.07, 6.45) is 6.64. The number of amides is 1. The Labute approximate surface area is 126 Å². The van der Waals surface area contributed by atoms with E-state index in [9.17, 15) is 4.79 Å². The maximum Gasteiger partial charge on any atom is 0.253 e. The number of carbonyl (C=O) groups is 1. The highest BCUT2D eigenvalue weighted by Gasteiger charge is 2.22. The van der Waals surface area contributed by atoms with Crippen LogP contribution in [0, 0.1) is 0 Å². The Balaban J connectivity index is 2.75. The molecule has 116 valence electrons. The van der Waals surface area contributed by atoms with Gasteiger partial charge < -0.3 is 27.0 Å². The van der Waals surface area contributed by atoms with Crippen LogP contribution in [0.3, 0.4) is 0 Å². The van der Waals surface area contributed by atoms with Crippen LogP contribution in [0.1, 0.15) is 12.8 Å². The summed E-state index contributed by atoms with van der Waals surface area (Å²) in [5.74, 6) is 0.502. The average molecular weight is 291 g/mol. The number of hydrogen-bond acceptors (Lipinski definition) is 5. The highest BCUT2D eigenvalue weighted by Crippen LogP contribution is 2.13. The molecule has 6 heteroatoms. The van der Waals surface area contributed by atoms with Crippen molar-refractivity contribution >= 4 is 5.91 Å². The van der Waals surface area contributed by atoms with Crippen molar-refractivity contribution in [1.29, 1.82) is 0 Å². The summed E-state index contributed by atoms with van der Waals surface area (Å²) in [7, 11) is 1.82. The van der Waals surface area contributed by atoms with Gasteiger partial charge in [0.2, 0.25) is 0 Å². The molecule has 0 bridgehead atoms. The molecule has 1 amide bonds. The number of nitrogens with one attached hydrogen (secondary N) is 2. The Kier molecular flexibility index (Phi) is 6.55. The zero-order valence-electron chi connectivity index (χ0n) is 12.6. The van der Waals surface area contributed by atoms with E-state index < -0.39 is 0 Å². The van der Waals surface area contributed by atoms with Gasteiger partial charge in [-0.15, -0.1) is 0 Å². The van der Waals surface area contributed by atoms with E-state index >= 15 is 0 Å². The van der Waals surface area contributed by atoms with Gasteiger partial charge in [0.15, 0.2) is 0 Å². The minimum absolute atomic E-state index is 0.0625. The number of nitrogens with zero attached hydrogens (tertiary/aromatic N) is 1. The predicted octanol–water partition coefficient (Wildman–Crippen LogP) is 0.129. The SMILES string of the molecule is C=C/C(=C\C=C(/N)NC(=C)N)C(=O)N(C)C1CCNCC1. The lowest BCUT2D eigenvalue weighted by Crippen LogP contribution is -2.44. The van der Waals surface area contributed by atoms with Gasteiger partial charge in [-0.2, -0.15) is 0 Å². The first kappa shape index (κ1) is 16.8. The highest BCUT2D eigenvalue weighted by atomic mass is 16.2. The van der Waals surface area contributed by atoms with Crippen molar-refractivity contribution in [1.82, 2.24) is 15.5 Å². The first-order chi connectivity index (χ1) is 9.95. The molecule has 6 N–H and O–H groups in total. The highest BCUT2D eigenvalue weighted by molar-refractivity contribution is 5.96. The number of allylic oxidation sites excluding steroid dienone is 2. The second kappa shape index (κ2) is 8.16. The van der Waals surface area contributed by atoms with Crippen molar-refractivity contribution in [2.45, 2.75) is 18.9 Å². The van der Waals surface area contributed by atoms with Gasteiger partial charge in [-0.25, -0.2) is 0 Å². The lowest BCUT2D eigenvalue weighted by molar-refractivity contribution is -0.127. The van der Waals surface area contributed by atoms with Gasteiger partial charge in [0.25, 0.3) is 5.91 Å². The molecule has 6 nitrogen and oxygen atoms in total. The van der Waals surface area contributed by atoms with Crippen molar-refractivity contribution in [3.8, 4) is 0 Å². The maximum atomic E-state index is 12.4. The standard InChI is InChI=1S/C15H25N5O/c1-4-12(5-6-14(17)19-11(2)16)15(21)20(3)13-7-9-18-10-8-13/h4-6,13,18-19H,1-2,7-10,16-17H2,3H3/b12-5+,14-6+. The van der Waals surface area contributed by atoms with Crippen molar-refractivity contribution in [3.05, 3.63) is 48.6 Å². The molecule has 1 rings (SSSR count). The number of piperidine rings is 1. The maximum absolute atomic E-state index is 12.4. The molecule has 0 radical (unpaired) electrons. The Hall–Kier alpha value is -2.21. The van der Waals surface area contributed by atoms with Gasteiger partial charge in [0.1, 0.15) is 5.82 Å². The van der Waals surface area contributed by atoms with Crippen LogP contribution in [0.5, 0.6) is 0 Å².